The molecule has 0 bridgehead atoms. The minimum Gasteiger partial charge on any atom is -0.497 e. The Morgan fingerprint density at radius 1 is 1.07 bits per heavy atom. The van der Waals surface area contributed by atoms with Gasteiger partial charge in [0.25, 0.3) is 5.92 Å². The summed E-state index contributed by atoms with van der Waals surface area (Å²) in [6.45, 7) is 8.59. The molecule has 1 atom stereocenters. The van der Waals surface area contributed by atoms with E-state index < -0.39 is 5.92 Å². The third-order valence-corrected chi connectivity index (χ3v) is 5.53. The standard InChI is InChI=1S/C23H30F2N2O/c1-17(2)27-14-13-26(15-18-9-11-19(28-4)12-10-18)16-22(27)20-7-5-6-8-21(20)23(3,24)25/h5-12,17,22H,13-16H2,1-4H3. The summed E-state index contributed by atoms with van der Waals surface area (Å²) in [5.41, 5.74) is 2.08. The zero-order valence-electron chi connectivity index (χ0n) is 17.2. The van der Waals surface area contributed by atoms with E-state index in [0.29, 0.717) is 6.04 Å². The molecule has 1 aliphatic rings. The molecule has 5 heteroatoms. The van der Waals surface area contributed by atoms with Gasteiger partial charge in [0.05, 0.1) is 7.11 Å². The number of rotatable bonds is 6. The maximum absolute atomic E-state index is 14.3. The Hall–Kier alpha value is -1.98. The Morgan fingerprint density at radius 2 is 1.75 bits per heavy atom. The van der Waals surface area contributed by atoms with Gasteiger partial charge in [-0.2, -0.15) is 0 Å². The highest BCUT2D eigenvalue weighted by molar-refractivity contribution is 5.34. The van der Waals surface area contributed by atoms with Crippen molar-refractivity contribution in [2.45, 2.75) is 45.3 Å². The van der Waals surface area contributed by atoms with E-state index in [1.165, 1.54) is 5.56 Å². The number of methoxy groups -OCH3 is 1. The topological polar surface area (TPSA) is 15.7 Å². The van der Waals surface area contributed by atoms with Crippen LogP contribution in [0.2, 0.25) is 0 Å². The molecule has 3 rings (SSSR count). The van der Waals surface area contributed by atoms with Crippen LogP contribution in [0.4, 0.5) is 8.78 Å². The first-order valence-electron chi connectivity index (χ1n) is 9.88. The van der Waals surface area contributed by atoms with Crippen molar-refractivity contribution in [1.82, 2.24) is 9.80 Å². The van der Waals surface area contributed by atoms with E-state index in [2.05, 4.69) is 35.8 Å². The van der Waals surface area contributed by atoms with E-state index in [1.807, 2.05) is 24.3 Å². The van der Waals surface area contributed by atoms with Gasteiger partial charge in [0.15, 0.2) is 0 Å². The fraction of sp³-hybridized carbons (Fsp3) is 0.478. The average Bonchev–Trinajstić information content (AvgIpc) is 2.67. The highest BCUT2D eigenvalue weighted by Gasteiger charge is 2.35. The molecule has 1 aliphatic heterocycles. The summed E-state index contributed by atoms with van der Waals surface area (Å²) in [4.78, 5) is 4.70. The van der Waals surface area contributed by atoms with Crippen LogP contribution in [0.5, 0.6) is 5.75 Å². The lowest BCUT2D eigenvalue weighted by atomic mass is 9.93. The summed E-state index contributed by atoms with van der Waals surface area (Å²) in [5, 5.41) is 0. The minimum absolute atomic E-state index is 0.0472. The van der Waals surface area contributed by atoms with Gasteiger partial charge in [-0.05, 0) is 37.1 Å². The van der Waals surface area contributed by atoms with E-state index in [-0.39, 0.29) is 11.6 Å². The number of alkyl halides is 2. The largest absolute Gasteiger partial charge is 0.497 e. The van der Waals surface area contributed by atoms with Crippen LogP contribution in [0.15, 0.2) is 48.5 Å². The van der Waals surface area contributed by atoms with Gasteiger partial charge in [0.1, 0.15) is 5.75 Å². The minimum atomic E-state index is -2.85. The van der Waals surface area contributed by atoms with Crippen LogP contribution in [0, 0.1) is 0 Å². The first-order chi connectivity index (χ1) is 13.3. The van der Waals surface area contributed by atoms with Crippen molar-refractivity contribution in [3.63, 3.8) is 0 Å². The van der Waals surface area contributed by atoms with E-state index in [0.717, 1.165) is 44.4 Å². The van der Waals surface area contributed by atoms with Crippen LogP contribution < -0.4 is 4.74 Å². The molecular formula is C23H30F2N2O. The van der Waals surface area contributed by atoms with E-state index >= 15 is 0 Å². The molecule has 3 nitrogen and oxygen atoms in total. The van der Waals surface area contributed by atoms with Gasteiger partial charge in [-0.25, -0.2) is 8.78 Å². The predicted octanol–water partition coefficient (Wildman–Crippen LogP) is 5.07. The SMILES string of the molecule is COc1ccc(CN2CCN(C(C)C)C(c3ccccc3C(C)(F)F)C2)cc1. The van der Waals surface area contributed by atoms with Crippen molar-refractivity contribution in [3.05, 3.63) is 65.2 Å². The van der Waals surface area contributed by atoms with Crippen molar-refractivity contribution in [2.24, 2.45) is 0 Å². The van der Waals surface area contributed by atoms with Gasteiger partial charge >= 0.3 is 0 Å². The summed E-state index contributed by atoms with van der Waals surface area (Å²) in [6, 6.07) is 15.3. The molecule has 0 aliphatic carbocycles. The molecular weight excluding hydrogens is 358 g/mol. The Labute approximate surface area is 166 Å². The van der Waals surface area contributed by atoms with Crippen molar-refractivity contribution in [1.29, 1.82) is 0 Å². The zero-order chi connectivity index (χ0) is 20.3. The van der Waals surface area contributed by atoms with Crippen LogP contribution in [-0.4, -0.2) is 42.6 Å². The van der Waals surface area contributed by atoms with E-state index in [9.17, 15) is 8.78 Å². The summed E-state index contributed by atoms with van der Waals surface area (Å²) in [6.07, 6.45) is 0. The molecule has 2 aromatic carbocycles. The summed E-state index contributed by atoms with van der Waals surface area (Å²) in [7, 11) is 1.66. The lowest BCUT2D eigenvalue weighted by molar-refractivity contribution is 0.00882. The van der Waals surface area contributed by atoms with E-state index in [4.69, 9.17) is 4.74 Å². The maximum Gasteiger partial charge on any atom is 0.270 e. The summed E-state index contributed by atoms with van der Waals surface area (Å²) in [5.74, 6) is -2.01. The molecule has 0 spiro atoms. The van der Waals surface area contributed by atoms with Crippen LogP contribution in [0.25, 0.3) is 0 Å². The van der Waals surface area contributed by atoms with Crippen molar-refractivity contribution in [3.8, 4) is 5.75 Å². The van der Waals surface area contributed by atoms with Gasteiger partial charge < -0.3 is 4.74 Å². The number of nitrogens with zero attached hydrogens (tertiary/aromatic N) is 2. The zero-order valence-corrected chi connectivity index (χ0v) is 17.2. The fourth-order valence-corrected chi connectivity index (χ4v) is 4.07. The Bertz CT molecular complexity index is 771. The lowest BCUT2D eigenvalue weighted by Crippen LogP contribution is -2.50. The highest BCUT2D eigenvalue weighted by Crippen LogP contribution is 2.37. The number of piperazine rings is 1. The van der Waals surface area contributed by atoms with E-state index in [1.54, 1.807) is 19.2 Å². The summed E-state index contributed by atoms with van der Waals surface area (Å²) >= 11 is 0. The van der Waals surface area contributed by atoms with Crippen molar-refractivity contribution >= 4 is 0 Å². The Kier molecular flexibility index (Phi) is 6.36. The second-order valence-corrected chi connectivity index (χ2v) is 7.91. The molecule has 0 aromatic heterocycles. The summed E-state index contributed by atoms with van der Waals surface area (Å²) < 4.78 is 33.8. The predicted molar refractivity (Wildman–Crippen MR) is 109 cm³/mol. The molecule has 152 valence electrons. The molecule has 1 heterocycles. The molecule has 28 heavy (non-hydrogen) atoms. The Morgan fingerprint density at radius 3 is 2.36 bits per heavy atom. The Balaban J connectivity index is 1.85. The molecule has 0 radical (unpaired) electrons. The average molecular weight is 389 g/mol. The maximum atomic E-state index is 14.3. The first kappa shape index (κ1) is 20.7. The molecule has 0 N–H and O–H groups in total. The third kappa shape index (κ3) is 4.70. The van der Waals surface area contributed by atoms with Crippen LogP contribution in [-0.2, 0) is 12.5 Å². The molecule has 1 unspecified atom stereocenters. The molecule has 1 saturated heterocycles. The number of benzene rings is 2. The number of hydrogen-bond donors (Lipinski definition) is 0. The van der Waals surface area contributed by atoms with Crippen molar-refractivity contribution < 1.29 is 13.5 Å². The second-order valence-electron chi connectivity index (χ2n) is 7.91. The second kappa shape index (κ2) is 8.58. The van der Waals surface area contributed by atoms with Crippen LogP contribution >= 0.6 is 0 Å². The van der Waals surface area contributed by atoms with Gasteiger partial charge in [0.2, 0.25) is 0 Å². The molecule has 0 amide bonds. The number of halogens is 2. The molecule has 0 saturated carbocycles. The number of hydrogen-bond acceptors (Lipinski definition) is 3. The van der Waals surface area contributed by atoms with Gasteiger partial charge in [-0.15, -0.1) is 0 Å². The highest BCUT2D eigenvalue weighted by atomic mass is 19.3. The van der Waals surface area contributed by atoms with Gasteiger partial charge in [0, 0.05) is 50.7 Å². The van der Waals surface area contributed by atoms with Crippen LogP contribution in [0.3, 0.4) is 0 Å². The fourth-order valence-electron chi connectivity index (χ4n) is 4.07. The smallest absolute Gasteiger partial charge is 0.270 e. The van der Waals surface area contributed by atoms with Crippen LogP contribution in [0.1, 0.15) is 43.5 Å². The van der Waals surface area contributed by atoms with Gasteiger partial charge in [-0.1, -0.05) is 36.4 Å². The molecule has 2 aromatic rings. The van der Waals surface area contributed by atoms with Gasteiger partial charge in [-0.3, -0.25) is 9.80 Å². The third-order valence-electron chi connectivity index (χ3n) is 5.53. The normalized spacial score (nSPS) is 19.2. The monoisotopic (exact) mass is 388 g/mol. The number of ether oxygens (including phenoxy) is 1. The first-order valence-corrected chi connectivity index (χ1v) is 9.88. The van der Waals surface area contributed by atoms with Crippen molar-refractivity contribution in [2.75, 3.05) is 26.7 Å². The molecule has 1 fully saturated rings. The lowest BCUT2D eigenvalue weighted by Gasteiger charge is -2.44. The quantitative estimate of drug-likeness (QED) is 0.687.